The molecule has 2 heterocycles. The minimum absolute atomic E-state index is 0.496. The molecule has 6 heteroatoms. The summed E-state index contributed by atoms with van der Waals surface area (Å²) < 4.78 is 0. The second-order valence-corrected chi connectivity index (χ2v) is 9.33. The number of amidine groups is 1. The predicted octanol–water partition coefficient (Wildman–Crippen LogP) is 4.11. The van der Waals surface area contributed by atoms with Gasteiger partial charge in [-0.25, -0.2) is 4.99 Å². The Morgan fingerprint density at radius 3 is 2.57 bits per heavy atom. The highest BCUT2D eigenvalue weighted by Gasteiger charge is 2.51. The lowest BCUT2D eigenvalue weighted by molar-refractivity contribution is -0.144. The number of carboxylic acids is 1. The molecule has 3 aliphatic rings. The Kier molecular flexibility index (Phi) is 4.83. The molecule has 0 unspecified atom stereocenters. The Morgan fingerprint density at radius 1 is 1.10 bits per heavy atom. The van der Waals surface area contributed by atoms with Gasteiger partial charge in [0.2, 0.25) is 0 Å². The fraction of sp³-hybridized carbons (Fsp3) is 0.417. The fourth-order valence-electron chi connectivity index (χ4n) is 4.65. The number of aliphatic carboxylic acids is 1. The number of halogens is 1. The van der Waals surface area contributed by atoms with E-state index in [1.807, 2.05) is 18.2 Å². The van der Waals surface area contributed by atoms with Crippen molar-refractivity contribution >= 4 is 29.1 Å². The van der Waals surface area contributed by atoms with E-state index >= 15 is 0 Å². The number of aryl methyl sites for hydroxylation is 1. The van der Waals surface area contributed by atoms with Gasteiger partial charge in [0.05, 0.1) is 11.1 Å². The van der Waals surface area contributed by atoms with Crippen LogP contribution in [0.4, 0.5) is 5.69 Å². The second kappa shape index (κ2) is 7.40. The number of carboxylic acid groups (broad SMARTS) is 1. The van der Waals surface area contributed by atoms with Gasteiger partial charge < -0.3 is 10.0 Å². The molecule has 0 amide bonds. The van der Waals surface area contributed by atoms with Crippen molar-refractivity contribution in [2.45, 2.75) is 26.2 Å². The van der Waals surface area contributed by atoms with Gasteiger partial charge in [0.25, 0.3) is 0 Å². The first-order valence-electron chi connectivity index (χ1n) is 10.6. The Balaban J connectivity index is 1.42. The standard InChI is InChI=1S/C24H26ClN3O2/c1-16-2-4-20-17(12-16)13-18-14-19(25)3-5-21(18)26-22(20)28-10-8-27(9-11-28)15-24(6-7-24)23(29)30/h2-5,12,14H,6-11,13,15H2,1H3,(H,29,30). The Hall–Kier alpha value is -2.37. The first kappa shape index (κ1) is 19.6. The summed E-state index contributed by atoms with van der Waals surface area (Å²) in [5.74, 6) is 0.378. The minimum Gasteiger partial charge on any atom is -0.481 e. The van der Waals surface area contributed by atoms with Gasteiger partial charge in [0.1, 0.15) is 5.84 Å². The topological polar surface area (TPSA) is 56.1 Å². The number of piperazine rings is 1. The highest BCUT2D eigenvalue weighted by Crippen LogP contribution is 2.46. The normalized spacial score (nSPS) is 20.1. The highest BCUT2D eigenvalue weighted by molar-refractivity contribution is 6.30. The molecular weight excluding hydrogens is 398 g/mol. The Morgan fingerprint density at radius 2 is 1.87 bits per heavy atom. The molecule has 5 nitrogen and oxygen atoms in total. The molecule has 30 heavy (non-hydrogen) atoms. The van der Waals surface area contributed by atoms with E-state index in [2.05, 4.69) is 34.9 Å². The summed E-state index contributed by atoms with van der Waals surface area (Å²) in [6, 6.07) is 12.5. The molecule has 1 N–H and O–H groups in total. The fourth-order valence-corrected chi connectivity index (χ4v) is 4.84. The summed E-state index contributed by atoms with van der Waals surface area (Å²) >= 11 is 6.26. The van der Waals surface area contributed by atoms with Crippen molar-refractivity contribution in [2.24, 2.45) is 10.4 Å². The van der Waals surface area contributed by atoms with Crippen LogP contribution in [0.5, 0.6) is 0 Å². The van der Waals surface area contributed by atoms with Gasteiger partial charge in [-0.05, 0) is 49.1 Å². The number of benzene rings is 2. The molecule has 2 aromatic carbocycles. The predicted molar refractivity (Wildman–Crippen MR) is 119 cm³/mol. The molecule has 2 fully saturated rings. The van der Waals surface area contributed by atoms with Gasteiger partial charge in [-0.1, -0.05) is 35.4 Å². The summed E-state index contributed by atoms with van der Waals surface area (Å²) in [7, 11) is 0. The molecule has 0 atom stereocenters. The Bertz CT molecular complexity index is 1040. The van der Waals surface area contributed by atoms with Crippen LogP contribution >= 0.6 is 11.6 Å². The largest absolute Gasteiger partial charge is 0.481 e. The number of hydrogen-bond donors (Lipinski definition) is 1. The van der Waals surface area contributed by atoms with Crippen molar-refractivity contribution < 1.29 is 9.90 Å². The maximum absolute atomic E-state index is 11.5. The lowest BCUT2D eigenvalue weighted by Gasteiger charge is -2.37. The van der Waals surface area contributed by atoms with Gasteiger partial charge in [-0.2, -0.15) is 0 Å². The number of nitrogens with zero attached hydrogens (tertiary/aromatic N) is 3. The third-order valence-electron chi connectivity index (χ3n) is 6.66. The van der Waals surface area contributed by atoms with Crippen molar-refractivity contribution in [1.82, 2.24) is 9.80 Å². The minimum atomic E-state index is -0.641. The molecule has 1 aliphatic carbocycles. The number of carbonyl (C=O) groups is 1. The summed E-state index contributed by atoms with van der Waals surface area (Å²) in [5.41, 5.74) is 5.34. The molecule has 1 saturated heterocycles. The SMILES string of the molecule is Cc1ccc2c(c1)Cc1cc(Cl)ccc1N=C2N1CCN(CC2(C(=O)O)CC2)CC1. The van der Waals surface area contributed by atoms with Crippen molar-refractivity contribution in [2.75, 3.05) is 32.7 Å². The molecule has 0 bridgehead atoms. The maximum Gasteiger partial charge on any atom is 0.310 e. The van der Waals surface area contributed by atoms with E-state index in [4.69, 9.17) is 16.6 Å². The van der Waals surface area contributed by atoms with E-state index in [9.17, 15) is 9.90 Å². The molecule has 2 aromatic rings. The van der Waals surface area contributed by atoms with Crippen molar-refractivity contribution in [3.8, 4) is 0 Å². The van der Waals surface area contributed by atoms with Gasteiger partial charge >= 0.3 is 5.97 Å². The van der Waals surface area contributed by atoms with Crippen molar-refractivity contribution in [3.05, 3.63) is 63.7 Å². The average molecular weight is 424 g/mol. The zero-order chi connectivity index (χ0) is 20.9. The molecular formula is C24H26ClN3O2. The van der Waals surface area contributed by atoms with Crippen LogP contribution < -0.4 is 0 Å². The van der Waals surface area contributed by atoms with Crippen LogP contribution in [-0.2, 0) is 11.2 Å². The molecule has 0 spiro atoms. The van der Waals surface area contributed by atoms with Crippen LogP contribution in [0.3, 0.4) is 0 Å². The van der Waals surface area contributed by atoms with Crippen LogP contribution in [0, 0.1) is 12.3 Å². The monoisotopic (exact) mass is 423 g/mol. The number of rotatable bonds is 3. The maximum atomic E-state index is 11.5. The Labute approximate surface area is 182 Å². The van der Waals surface area contributed by atoms with E-state index in [1.54, 1.807) is 0 Å². The second-order valence-electron chi connectivity index (χ2n) is 8.89. The molecule has 0 radical (unpaired) electrons. The average Bonchev–Trinajstić information content (AvgIpc) is 3.51. The van der Waals surface area contributed by atoms with Crippen LogP contribution in [0.15, 0.2) is 41.4 Å². The lowest BCUT2D eigenvalue weighted by atomic mass is 9.97. The molecule has 2 aliphatic heterocycles. The quantitative estimate of drug-likeness (QED) is 0.807. The first-order valence-corrected chi connectivity index (χ1v) is 11.0. The zero-order valence-corrected chi connectivity index (χ0v) is 18.0. The van der Waals surface area contributed by atoms with Crippen LogP contribution in [0.25, 0.3) is 0 Å². The lowest BCUT2D eigenvalue weighted by Crippen LogP contribution is -2.51. The zero-order valence-electron chi connectivity index (χ0n) is 17.2. The van der Waals surface area contributed by atoms with Crippen molar-refractivity contribution in [1.29, 1.82) is 0 Å². The van der Waals surface area contributed by atoms with Gasteiger partial charge in [0, 0.05) is 49.7 Å². The third-order valence-corrected chi connectivity index (χ3v) is 6.89. The number of fused-ring (bicyclic) bond motifs is 2. The summed E-state index contributed by atoms with van der Waals surface area (Å²) in [5, 5.41) is 10.2. The molecule has 1 saturated carbocycles. The number of aliphatic imine (C=N–C) groups is 1. The van der Waals surface area contributed by atoms with Crippen LogP contribution in [-0.4, -0.2) is 59.4 Å². The van der Waals surface area contributed by atoms with E-state index in [-0.39, 0.29) is 0 Å². The van der Waals surface area contributed by atoms with Gasteiger partial charge in [-0.15, -0.1) is 0 Å². The van der Waals surface area contributed by atoms with E-state index < -0.39 is 11.4 Å². The first-order chi connectivity index (χ1) is 14.4. The summed E-state index contributed by atoms with van der Waals surface area (Å²) in [6.07, 6.45) is 2.43. The van der Waals surface area contributed by atoms with Gasteiger partial charge in [-0.3, -0.25) is 9.69 Å². The van der Waals surface area contributed by atoms with Crippen LogP contribution in [0.1, 0.15) is 35.1 Å². The molecule has 156 valence electrons. The van der Waals surface area contributed by atoms with Gasteiger partial charge in [0.15, 0.2) is 0 Å². The smallest absolute Gasteiger partial charge is 0.310 e. The van der Waals surface area contributed by atoms with E-state index in [0.29, 0.717) is 6.54 Å². The summed E-state index contributed by atoms with van der Waals surface area (Å²) in [6.45, 7) is 6.22. The molecule has 0 aromatic heterocycles. The van der Waals surface area contributed by atoms with Crippen LogP contribution in [0.2, 0.25) is 5.02 Å². The van der Waals surface area contributed by atoms with E-state index in [1.165, 1.54) is 16.7 Å². The molecule has 5 rings (SSSR count). The number of hydrogen-bond acceptors (Lipinski definition) is 4. The third kappa shape index (κ3) is 3.61. The van der Waals surface area contributed by atoms with E-state index in [0.717, 1.165) is 67.6 Å². The summed E-state index contributed by atoms with van der Waals surface area (Å²) in [4.78, 5) is 21.3. The van der Waals surface area contributed by atoms with Crippen molar-refractivity contribution in [3.63, 3.8) is 0 Å². The highest BCUT2D eigenvalue weighted by atomic mass is 35.5.